The van der Waals surface area contributed by atoms with Crippen molar-refractivity contribution in [1.82, 2.24) is 0 Å². The van der Waals surface area contributed by atoms with E-state index in [1.165, 1.54) is 6.07 Å². The van der Waals surface area contributed by atoms with E-state index in [2.05, 4.69) is 15.9 Å². The number of ether oxygens (including phenoxy) is 1. The summed E-state index contributed by atoms with van der Waals surface area (Å²) in [5.74, 6) is -0.256. The highest BCUT2D eigenvalue weighted by atomic mass is 79.9. The lowest BCUT2D eigenvalue weighted by Gasteiger charge is -2.27. The first-order valence-corrected chi connectivity index (χ1v) is 6.02. The highest BCUT2D eigenvalue weighted by molar-refractivity contribution is 9.10. The van der Waals surface area contributed by atoms with Crippen LogP contribution in [0.3, 0.4) is 0 Å². The van der Waals surface area contributed by atoms with Crippen LogP contribution in [0.5, 0.6) is 0 Å². The lowest BCUT2D eigenvalue weighted by molar-refractivity contribution is 0.129. The Morgan fingerprint density at radius 3 is 2.75 bits per heavy atom. The van der Waals surface area contributed by atoms with Crippen LogP contribution in [0.2, 0.25) is 0 Å². The molecule has 1 rings (SSSR count). The Kier molecular flexibility index (Phi) is 4.89. The fourth-order valence-electron chi connectivity index (χ4n) is 1.63. The molecule has 4 heteroatoms. The smallest absolute Gasteiger partial charge is 0.137 e. The number of nitrogens with two attached hydrogens (primary N) is 1. The van der Waals surface area contributed by atoms with Gasteiger partial charge in [0.2, 0.25) is 0 Å². The van der Waals surface area contributed by atoms with Gasteiger partial charge in [-0.15, -0.1) is 0 Å². The van der Waals surface area contributed by atoms with Gasteiger partial charge in [-0.05, 0) is 40.4 Å². The molecule has 0 amide bonds. The van der Waals surface area contributed by atoms with Crippen molar-refractivity contribution < 1.29 is 9.13 Å². The Hall–Kier alpha value is -0.450. The van der Waals surface area contributed by atoms with E-state index in [1.54, 1.807) is 13.2 Å². The summed E-state index contributed by atoms with van der Waals surface area (Å²) in [6.45, 7) is 2.47. The van der Waals surface area contributed by atoms with Crippen molar-refractivity contribution in [3.63, 3.8) is 0 Å². The number of methoxy groups -OCH3 is 1. The van der Waals surface area contributed by atoms with E-state index in [4.69, 9.17) is 10.5 Å². The molecule has 2 N–H and O–H groups in total. The Labute approximate surface area is 104 Å². The lowest BCUT2D eigenvalue weighted by Crippen LogP contribution is -2.45. The number of benzene rings is 1. The molecule has 16 heavy (non-hydrogen) atoms. The molecular formula is C12H17BrFNO. The number of hydrogen-bond acceptors (Lipinski definition) is 2. The van der Waals surface area contributed by atoms with Crippen molar-refractivity contribution in [3.8, 4) is 0 Å². The van der Waals surface area contributed by atoms with E-state index < -0.39 is 5.54 Å². The van der Waals surface area contributed by atoms with Crippen molar-refractivity contribution in [2.75, 3.05) is 13.7 Å². The minimum Gasteiger partial charge on any atom is -0.383 e. The summed E-state index contributed by atoms with van der Waals surface area (Å²) >= 11 is 3.24. The third-order valence-corrected chi connectivity index (χ3v) is 3.60. The maximum atomic E-state index is 13.3. The fraction of sp³-hybridized carbons (Fsp3) is 0.500. The topological polar surface area (TPSA) is 35.2 Å². The van der Waals surface area contributed by atoms with Gasteiger partial charge in [0.25, 0.3) is 0 Å². The van der Waals surface area contributed by atoms with Crippen LogP contribution in [0.4, 0.5) is 4.39 Å². The molecule has 0 spiro atoms. The van der Waals surface area contributed by atoms with Crippen molar-refractivity contribution in [2.24, 2.45) is 5.73 Å². The van der Waals surface area contributed by atoms with Gasteiger partial charge < -0.3 is 10.5 Å². The highest BCUT2D eigenvalue weighted by Crippen LogP contribution is 2.25. The molecule has 0 radical (unpaired) electrons. The Bertz CT molecular complexity index is 359. The minimum atomic E-state index is -0.439. The van der Waals surface area contributed by atoms with Gasteiger partial charge in [0, 0.05) is 12.6 Å². The lowest BCUT2D eigenvalue weighted by atomic mass is 9.90. The third kappa shape index (κ3) is 3.27. The summed E-state index contributed by atoms with van der Waals surface area (Å²) in [5, 5.41) is 0. The summed E-state index contributed by atoms with van der Waals surface area (Å²) in [4.78, 5) is 0. The van der Waals surface area contributed by atoms with Gasteiger partial charge in [0.05, 0.1) is 11.1 Å². The van der Waals surface area contributed by atoms with Gasteiger partial charge in [0.15, 0.2) is 0 Å². The normalized spacial score (nSPS) is 14.8. The Balaban J connectivity index is 2.90. The van der Waals surface area contributed by atoms with Crippen LogP contribution in [-0.2, 0) is 11.2 Å². The number of halogens is 2. The quantitative estimate of drug-likeness (QED) is 0.905. The Morgan fingerprint density at radius 2 is 2.19 bits per heavy atom. The molecule has 90 valence electrons. The van der Waals surface area contributed by atoms with E-state index >= 15 is 0 Å². The van der Waals surface area contributed by atoms with E-state index in [9.17, 15) is 4.39 Å². The molecule has 0 saturated heterocycles. The first kappa shape index (κ1) is 13.6. The van der Waals surface area contributed by atoms with Crippen LogP contribution in [0.1, 0.15) is 18.9 Å². The van der Waals surface area contributed by atoms with Crippen LogP contribution in [0.25, 0.3) is 0 Å². The monoisotopic (exact) mass is 289 g/mol. The molecule has 0 fully saturated rings. The fourth-order valence-corrected chi connectivity index (χ4v) is 2.03. The van der Waals surface area contributed by atoms with E-state index in [1.807, 2.05) is 13.0 Å². The minimum absolute atomic E-state index is 0.256. The zero-order chi connectivity index (χ0) is 12.2. The van der Waals surface area contributed by atoms with E-state index in [0.29, 0.717) is 17.5 Å². The molecule has 0 heterocycles. The van der Waals surface area contributed by atoms with Gasteiger partial charge in [0.1, 0.15) is 5.82 Å². The van der Waals surface area contributed by atoms with Crippen LogP contribution in [0, 0.1) is 5.82 Å². The van der Waals surface area contributed by atoms with Crippen LogP contribution in [-0.4, -0.2) is 19.3 Å². The van der Waals surface area contributed by atoms with Crippen LogP contribution < -0.4 is 5.73 Å². The molecule has 0 aliphatic carbocycles. The first-order chi connectivity index (χ1) is 7.52. The third-order valence-electron chi connectivity index (χ3n) is 2.71. The standard InChI is InChI=1S/C12H17BrFNO/c1-3-12(15,8-16-2)7-9-5-4-6-10(14)11(9)13/h4-6H,3,7-8,15H2,1-2H3. The number of rotatable bonds is 5. The molecule has 1 unspecified atom stereocenters. The number of hydrogen-bond donors (Lipinski definition) is 1. The van der Waals surface area contributed by atoms with Crippen molar-refractivity contribution in [1.29, 1.82) is 0 Å². The van der Waals surface area contributed by atoms with Crippen molar-refractivity contribution in [3.05, 3.63) is 34.1 Å². The molecule has 1 atom stereocenters. The first-order valence-electron chi connectivity index (χ1n) is 5.23. The molecule has 0 aliphatic heterocycles. The highest BCUT2D eigenvalue weighted by Gasteiger charge is 2.24. The summed E-state index contributed by atoms with van der Waals surface area (Å²) in [5.41, 5.74) is 6.63. The molecule has 0 saturated carbocycles. The van der Waals surface area contributed by atoms with Crippen LogP contribution >= 0.6 is 15.9 Å². The average molecular weight is 290 g/mol. The molecular weight excluding hydrogens is 273 g/mol. The van der Waals surface area contributed by atoms with E-state index in [-0.39, 0.29) is 5.82 Å². The SMILES string of the molecule is CCC(N)(COC)Cc1cccc(F)c1Br. The average Bonchev–Trinajstić information content (AvgIpc) is 2.25. The Morgan fingerprint density at radius 1 is 1.50 bits per heavy atom. The predicted octanol–water partition coefficient (Wildman–Crippen LogP) is 2.88. The van der Waals surface area contributed by atoms with Crippen molar-refractivity contribution in [2.45, 2.75) is 25.3 Å². The van der Waals surface area contributed by atoms with E-state index in [0.717, 1.165) is 12.0 Å². The second kappa shape index (κ2) is 5.75. The van der Waals surface area contributed by atoms with Gasteiger partial charge in [-0.2, -0.15) is 0 Å². The van der Waals surface area contributed by atoms with Gasteiger partial charge in [-0.25, -0.2) is 4.39 Å². The zero-order valence-electron chi connectivity index (χ0n) is 9.59. The summed E-state index contributed by atoms with van der Waals surface area (Å²) in [6.07, 6.45) is 1.37. The molecule has 2 nitrogen and oxygen atoms in total. The summed E-state index contributed by atoms with van der Waals surface area (Å²) in [6, 6.07) is 4.99. The van der Waals surface area contributed by atoms with Gasteiger partial charge >= 0.3 is 0 Å². The maximum absolute atomic E-state index is 13.3. The predicted molar refractivity (Wildman–Crippen MR) is 66.9 cm³/mol. The molecule has 0 aliphatic rings. The van der Waals surface area contributed by atoms with Gasteiger partial charge in [-0.3, -0.25) is 0 Å². The summed E-state index contributed by atoms with van der Waals surface area (Å²) < 4.78 is 18.9. The van der Waals surface area contributed by atoms with Crippen molar-refractivity contribution >= 4 is 15.9 Å². The molecule has 1 aromatic carbocycles. The molecule has 0 aromatic heterocycles. The summed E-state index contributed by atoms with van der Waals surface area (Å²) in [7, 11) is 1.62. The van der Waals surface area contributed by atoms with Crippen LogP contribution in [0.15, 0.2) is 22.7 Å². The zero-order valence-corrected chi connectivity index (χ0v) is 11.2. The molecule has 0 bridgehead atoms. The maximum Gasteiger partial charge on any atom is 0.137 e. The largest absolute Gasteiger partial charge is 0.383 e. The second-order valence-electron chi connectivity index (χ2n) is 4.04. The second-order valence-corrected chi connectivity index (χ2v) is 4.83. The van der Waals surface area contributed by atoms with Gasteiger partial charge in [-0.1, -0.05) is 19.1 Å². The molecule has 1 aromatic rings.